The van der Waals surface area contributed by atoms with Crippen LogP contribution in [-0.2, 0) is 14.3 Å². The number of rotatable bonds is 5. The van der Waals surface area contributed by atoms with Crippen molar-refractivity contribution in [3.05, 3.63) is 102 Å². The van der Waals surface area contributed by atoms with Crippen LogP contribution >= 0.6 is 11.8 Å². The molecule has 3 aromatic carbocycles. The van der Waals surface area contributed by atoms with Crippen molar-refractivity contribution in [2.45, 2.75) is 5.25 Å². The van der Waals surface area contributed by atoms with Crippen molar-refractivity contribution in [1.29, 1.82) is 0 Å². The highest BCUT2D eigenvalue weighted by molar-refractivity contribution is 8.00. The van der Waals surface area contributed by atoms with Gasteiger partial charge in [0.1, 0.15) is 24.0 Å². The minimum absolute atomic E-state index is 0.0295. The van der Waals surface area contributed by atoms with Gasteiger partial charge in [-0.15, -0.1) is 11.8 Å². The second-order valence-electron chi connectivity index (χ2n) is 9.53. The van der Waals surface area contributed by atoms with Crippen molar-refractivity contribution in [2.24, 2.45) is 0 Å². The predicted octanol–water partition coefficient (Wildman–Crippen LogP) is 4.85. The lowest BCUT2D eigenvalue weighted by Gasteiger charge is -2.30. The lowest BCUT2D eigenvalue weighted by Crippen LogP contribution is -2.48. The minimum Gasteiger partial charge on any atom is -0.378 e. The van der Waals surface area contributed by atoms with Crippen molar-refractivity contribution >= 4 is 29.4 Å². The number of aromatic nitrogens is 2. The highest BCUT2D eigenvalue weighted by Gasteiger charge is 2.39. The number of ether oxygens (including phenoxy) is 1. The van der Waals surface area contributed by atoms with Crippen LogP contribution in [0.15, 0.2) is 78.9 Å². The Morgan fingerprint density at radius 1 is 0.950 bits per heavy atom. The van der Waals surface area contributed by atoms with E-state index in [0.29, 0.717) is 54.6 Å². The van der Waals surface area contributed by atoms with E-state index < -0.39 is 16.9 Å². The number of nitrogens with zero attached hydrogens (tertiary/aromatic N) is 4. The fourth-order valence-electron chi connectivity index (χ4n) is 5.07. The Morgan fingerprint density at radius 2 is 1.65 bits per heavy atom. The highest BCUT2D eigenvalue weighted by atomic mass is 32.2. The van der Waals surface area contributed by atoms with Crippen LogP contribution in [0.3, 0.4) is 0 Å². The normalized spacial score (nSPS) is 17.4. The van der Waals surface area contributed by atoms with Crippen LogP contribution in [0.4, 0.5) is 14.6 Å². The first-order valence-electron chi connectivity index (χ1n) is 13.0. The molecule has 0 radical (unpaired) electrons. The number of thioether (sulfide) groups is 1. The van der Waals surface area contributed by atoms with Gasteiger partial charge in [0.15, 0.2) is 0 Å². The zero-order chi connectivity index (χ0) is 27.6. The maximum Gasteiger partial charge on any atom is 0.242 e. The van der Waals surface area contributed by atoms with Crippen LogP contribution in [0.5, 0.6) is 0 Å². The van der Waals surface area contributed by atoms with Crippen LogP contribution in [0.1, 0.15) is 16.4 Å². The van der Waals surface area contributed by atoms with Gasteiger partial charge in [0.05, 0.1) is 35.6 Å². The summed E-state index contributed by atoms with van der Waals surface area (Å²) in [6.45, 7) is 1.53. The molecule has 3 heterocycles. The molecule has 40 heavy (non-hydrogen) atoms. The third-order valence-electron chi connectivity index (χ3n) is 7.05. The van der Waals surface area contributed by atoms with Gasteiger partial charge in [-0.3, -0.25) is 14.5 Å². The van der Waals surface area contributed by atoms with Crippen molar-refractivity contribution in [3.8, 4) is 16.9 Å². The lowest BCUT2D eigenvalue weighted by molar-refractivity contribution is -0.134. The number of hydrogen-bond acceptors (Lipinski definition) is 5. The Balaban J connectivity index is 1.59. The number of carbonyl (C=O) groups excluding carboxylic acids is 2. The van der Waals surface area contributed by atoms with Crippen molar-refractivity contribution in [2.75, 3.05) is 43.5 Å². The number of halogens is 2. The first kappa shape index (κ1) is 26.2. The molecule has 0 spiro atoms. The fraction of sp³-hybridized carbons (Fsp3) is 0.233. The molecule has 0 saturated carbocycles. The average molecular weight is 561 g/mol. The van der Waals surface area contributed by atoms with E-state index in [2.05, 4.69) is 0 Å². The molecule has 1 aromatic heterocycles. The van der Waals surface area contributed by atoms with Gasteiger partial charge in [0.25, 0.3) is 0 Å². The number of anilines is 1. The van der Waals surface area contributed by atoms with Crippen molar-refractivity contribution in [1.82, 2.24) is 14.7 Å². The van der Waals surface area contributed by atoms with Crippen LogP contribution in [0, 0.1) is 11.6 Å². The second kappa shape index (κ2) is 11.2. The Hall–Kier alpha value is -4.02. The molecule has 0 bridgehead atoms. The van der Waals surface area contributed by atoms with Crippen LogP contribution in [-0.4, -0.2) is 65.1 Å². The summed E-state index contributed by atoms with van der Waals surface area (Å²) in [4.78, 5) is 30.3. The van der Waals surface area contributed by atoms with Gasteiger partial charge in [0.2, 0.25) is 11.8 Å². The fourth-order valence-corrected chi connectivity index (χ4v) is 6.29. The van der Waals surface area contributed by atoms with E-state index in [9.17, 15) is 14.0 Å². The first-order valence-corrected chi connectivity index (χ1v) is 14.0. The molecule has 1 unspecified atom stereocenters. The Kier molecular flexibility index (Phi) is 7.36. The van der Waals surface area contributed by atoms with E-state index in [1.165, 1.54) is 34.9 Å². The van der Waals surface area contributed by atoms with Crippen molar-refractivity contribution in [3.63, 3.8) is 0 Å². The van der Waals surface area contributed by atoms with Crippen molar-refractivity contribution < 1.29 is 23.1 Å². The molecule has 1 fully saturated rings. The molecule has 0 aliphatic carbocycles. The van der Waals surface area contributed by atoms with E-state index in [-0.39, 0.29) is 24.1 Å². The molecule has 2 amide bonds. The zero-order valence-corrected chi connectivity index (χ0v) is 22.3. The smallest absolute Gasteiger partial charge is 0.242 e. The Morgan fingerprint density at radius 3 is 2.38 bits per heavy atom. The van der Waals surface area contributed by atoms with Gasteiger partial charge in [-0.1, -0.05) is 48.5 Å². The SMILES string of the molecule is O=C(CN1C(=O)CSC(c2ccccc2F)c2c(-c3ccccc3)nn(-c3ccc(F)cc3)c21)N1CCOCC1. The van der Waals surface area contributed by atoms with Crippen LogP contribution in [0.2, 0.25) is 0 Å². The molecule has 1 atom stereocenters. The molecule has 10 heteroatoms. The molecule has 4 aromatic rings. The Bertz CT molecular complexity index is 1540. The van der Waals surface area contributed by atoms with Gasteiger partial charge in [0, 0.05) is 29.8 Å². The molecule has 204 valence electrons. The number of carbonyl (C=O) groups is 2. The topological polar surface area (TPSA) is 67.7 Å². The Labute approximate surface area is 234 Å². The quantitative estimate of drug-likeness (QED) is 0.349. The highest BCUT2D eigenvalue weighted by Crippen LogP contribution is 2.49. The first-order chi connectivity index (χ1) is 19.5. The largest absolute Gasteiger partial charge is 0.378 e. The van der Waals surface area contributed by atoms with Gasteiger partial charge in [-0.05, 0) is 30.3 Å². The summed E-state index contributed by atoms with van der Waals surface area (Å²) in [7, 11) is 0. The van der Waals surface area contributed by atoms with Gasteiger partial charge in [-0.25, -0.2) is 13.5 Å². The predicted molar refractivity (Wildman–Crippen MR) is 149 cm³/mol. The second-order valence-corrected chi connectivity index (χ2v) is 10.6. The average Bonchev–Trinajstić information content (AvgIpc) is 3.31. The standard InChI is InChI=1S/C30H26F2N4O3S/c31-21-10-12-22(13-11-21)36-30-27(28(33-36)20-6-2-1-3-7-20)29(23-8-4-5-9-24(23)32)40-19-26(38)35(30)18-25(37)34-14-16-39-17-15-34/h1-13,29H,14-19H2. The number of hydrogen-bond donors (Lipinski definition) is 0. The summed E-state index contributed by atoms with van der Waals surface area (Å²) in [5, 5.41) is 4.34. The molecule has 0 N–H and O–H groups in total. The van der Waals surface area contributed by atoms with Crippen LogP contribution < -0.4 is 4.90 Å². The number of amides is 2. The third kappa shape index (κ3) is 5.00. The molecule has 1 saturated heterocycles. The third-order valence-corrected chi connectivity index (χ3v) is 8.29. The summed E-state index contributed by atoms with van der Waals surface area (Å²) < 4.78 is 36.2. The molecular formula is C30H26F2N4O3S. The maximum atomic E-state index is 15.3. The zero-order valence-electron chi connectivity index (χ0n) is 21.5. The summed E-state index contributed by atoms with van der Waals surface area (Å²) in [6, 6.07) is 21.7. The maximum absolute atomic E-state index is 15.3. The monoisotopic (exact) mass is 560 g/mol. The summed E-state index contributed by atoms with van der Waals surface area (Å²) in [5.74, 6) is -0.929. The van der Waals surface area contributed by atoms with Gasteiger partial charge >= 0.3 is 0 Å². The summed E-state index contributed by atoms with van der Waals surface area (Å²) in [6.07, 6.45) is 0. The van der Waals surface area contributed by atoms with E-state index in [0.717, 1.165) is 5.56 Å². The van der Waals surface area contributed by atoms with E-state index in [1.807, 2.05) is 30.3 Å². The summed E-state index contributed by atoms with van der Waals surface area (Å²) >= 11 is 1.30. The molecule has 6 rings (SSSR count). The van der Waals surface area contributed by atoms with E-state index in [1.54, 1.807) is 39.9 Å². The molecule has 7 nitrogen and oxygen atoms in total. The molecular weight excluding hydrogens is 534 g/mol. The lowest BCUT2D eigenvalue weighted by atomic mass is 9.99. The summed E-state index contributed by atoms with van der Waals surface area (Å²) in [5.41, 5.74) is 2.87. The van der Waals surface area contributed by atoms with E-state index >= 15 is 4.39 Å². The molecule has 2 aliphatic heterocycles. The number of benzene rings is 3. The minimum atomic E-state index is -0.590. The van der Waals surface area contributed by atoms with Gasteiger partial charge in [-0.2, -0.15) is 5.10 Å². The van der Waals surface area contributed by atoms with E-state index in [4.69, 9.17) is 9.84 Å². The van der Waals surface area contributed by atoms with Gasteiger partial charge < -0.3 is 9.64 Å². The molecule has 2 aliphatic rings. The number of morpholine rings is 1. The van der Waals surface area contributed by atoms with Crippen LogP contribution in [0.25, 0.3) is 16.9 Å². The number of fused-ring (bicyclic) bond motifs is 1.